The van der Waals surface area contributed by atoms with Crippen LogP contribution in [0.2, 0.25) is 0 Å². The summed E-state index contributed by atoms with van der Waals surface area (Å²) in [5.41, 5.74) is 2.22. The number of fused-ring (bicyclic) bond motifs is 1. The molecule has 0 atom stereocenters. The van der Waals surface area contributed by atoms with E-state index in [4.69, 9.17) is 4.74 Å². The molecule has 3 aromatic rings. The molecule has 3 heteroatoms. The zero-order valence-electron chi connectivity index (χ0n) is 13.8. The molecule has 0 spiro atoms. The predicted molar refractivity (Wildman–Crippen MR) is 97.3 cm³/mol. The molecule has 0 aliphatic carbocycles. The van der Waals surface area contributed by atoms with E-state index >= 15 is 0 Å². The van der Waals surface area contributed by atoms with Crippen LogP contribution in [-0.2, 0) is 11.2 Å². The highest BCUT2D eigenvalue weighted by Crippen LogP contribution is 2.24. The molecule has 0 aromatic heterocycles. The maximum absolute atomic E-state index is 12.0. The average Bonchev–Trinajstić information content (AvgIpc) is 2.61. The van der Waals surface area contributed by atoms with Gasteiger partial charge in [-0.1, -0.05) is 66.2 Å². The smallest absolute Gasteiger partial charge is 0.224 e. The van der Waals surface area contributed by atoms with E-state index < -0.39 is 0 Å². The van der Waals surface area contributed by atoms with Gasteiger partial charge in [-0.05, 0) is 23.9 Å². The summed E-state index contributed by atoms with van der Waals surface area (Å²) in [6.07, 6.45) is 0.397. The van der Waals surface area contributed by atoms with E-state index in [1.807, 2.05) is 61.5 Å². The van der Waals surface area contributed by atoms with Crippen molar-refractivity contribution in [2.75, 3.05) is 13.2 Å². The molecule has 0 unspecified atom stereocenters. The van der Waals surface area contributed by atoms with Crippen LogP contribution in [0.25, 0.3) is 10.8 Å². The van der Waals surface area contributed by atoms with Crippen LogP contribution in [0.4, 0.5) is 0 Å². The zero-order valence-corrected chi connectivity index (χ0v) is 13.8. The number of carbonyl (C=O) groups excluding carboxylic acids is 1. The van der Waals surface area contributed by atoms with Gasteiger partial charge in [0.25, 0.3) is 0 Å². The molecule has 0 saturated heterocycles. The second-order valence-corrected chi connectivity index (χ2v) is 5.84. The SMILES string of the molecule is Cc1ccc(CC(=O)NCCOc2cccc3ccccc23)cc1. The number of hydrogen-bond donors (Lipinski definition) is 1. The molecule has 0 radical (unpaired) electrons. The first-order valence-electron chi connectivity index (χ1n) is 8.15. The van der Waals surface area contributed by atoms with Crippen molar-refractivity contribution in [3.05, 3.63) is 77.9 Å². The topological polar surface area (TPSA) is 38.3 Å². The van der Waals surface area contributed by atoms with Gasteiger partial charge in [-0.25, -0.2) is 0 Å². The molecule has 0 fully saturated rings. The summed E-state index contributed by atoms with van der Waals surface area (Å²) in [6.45, 7) is 2.98. The van der Waals surface area contributed by atoms with Crippen LogP contribution in [-0.4, -0.2) is 19.1 Å². The molecule has 122 valence electrons. The molecule has 1 N–H and O–H groups in total. The van der Waals surface area contributed by atoms with Crippen molar-refractivity contribution in [1.82, 2.24) is 5.32 Å². The van der Waals surface area contributed by atoms with Crippen LogP contribution in [0.5, 0.6) is 5.75 Å². The Morgan fingerprint density at radius 2 is 1.71 bits per heavy atom. The molecule has 0 bridgehead atoms. The van der Waals surface area contributed by atoms with Gasteiger partial charge in [-0.15, -0.1) is 0 Å². The fourth-order valence-corrected chi connectivity index (χ4v) is 2.63. The fraction of sp³-hybridized carbons (Fsp3) is 0.190. The van der Waals surface area contributed by atoms with Crippen LogP contribution < -0.4 is 10.1 Å². The Balaban J connectivity index is 1.48. The van der Waals surface area contributed by atoms with Crippen LogP contribution in [0, 0.1) is 6.92 Å². The van der Waals surface area contributed by atoms with E-state index in [1.165, 1.54) is 5.56 Å². The van der Waals surface area contributed by atoms with Crippen molar-refractivity contribution in [3.8, 4) is 5.75 Å². The highest BCUT2D eigenvalue weighted by molar-refractivity contribution is 5.88. The molecule has 0 heterocycles. The van der Waals surface area contributed by atoms with Gasteiger partial charge < -0.3 is 10.1 Å². The van der Waals surface area contributed by atoms with Gasteiger partial charge in [0.15, 0.2) is 0 Å². The normalized spacial score (nSPS) is 10.5. The molecular formula is C21H21NO2. The van der Waals surface area contributed by atoms with Crippen LogP contribution in [0.15, 0.2) is 66.7 Å². The van der Waals surface area contributed by atoms with Crippen molar-refractivity contribution < 1.29 is 9.53 Å². The van der Waals surface area contributed by atoms with E-state index in [1.54, 1.807) is 0 Å². The largest absolute Gasteiger partial charge is 0.491 e. The highest BCUT2D eigenvalue weighted by Gasteiger charge is 2.04. The molecule has 3 rings (SSSR count). The first-order chi connectivity index (χ1) is 11.7. The average molecular weight is 319 g/mol. The number of rotatable bonds is 6. The van der Waals surface area contributed by atoms with Crippen molar-refractivity contribution in [2.24, 2.45) is 0 Å². The number of carbonyl (C=O) groups is 1. The van der Waals surface area contributed by atoms with E-state index in [-0.39, 0.29) is 5.91 Å². The number of aryl methyl sites for hydroxylation is 1. The molecule has 0 aliphatic heterocycles. The minimum atomic E-state index is 0.0142. The highest BCUT2D eigenvalue weighted by atomic mass is 16.5. The molecule has 3 nitrogen and oxygen atoms in total. The maximum atomic E-state index is 12.0. The molecule has 3 aromatic carbocycles. The number of ether oxygens (including phenoxy) is 1. The summed E-state index contributed by atoms with van der Waals surface area (Å²) < 4.78 is 5.82. The molecular weight excluding hydrogens is 298 g/mol. The summed E-state index contributed by atoms with van der Waals surface area (Å²) in [6, 6.07) is 22.1. The summed E-state index contributed by atoms with van der Waals surface area (Å²) in [7, 11) is 0. The summed E-state index contributed by atoms with van der Waals surface area (Å²) in [5.74, 6) is 0.862. The summed E-state index contributed by atoms with van der Waals surface area (Å²) >= 11 is 0. The van der Waals surface area contributed by atoms with Gasteiger partial charge in [-0.3, -0.25) is 4.79 Å². The Bertz CT molecular complexity index is 819. The van der Waals surface area contributed by atoms with Gasteiger partial charge >= 0.3 is 0 Å². The predicted octanol–water partition coefficient (Wildman–Crippen LogP) is 3.89. The zero-order chi connectivity index (χ0) is 16.8. The number of benzene rings is 3. The lowest BCUT2D eigenvalue weighted by atomic mass is 10.1. The Morgan fingerprint density at radius 3 is 2.54 bits per heavy atom. The van der Waals surface area contributed by atoms with E-state index in [0.717, 1.165) is 22.1 Å². The number of amides is 1. The molecule has 24 heavy (non-hydrogen) atoms. The van der Waals surface area contributed by atoms with Gasteiger partial charge in [0.05, 0.1) is 13.0 Å². The van der Waals surface area contributed by atoms with Crippen LogP contribution >= 0.6 is 0 Å². The summed E-state index contributed by atoms with van der Waals surface area (Å²) in [4.78, 5) is 12.0. The second-order valence-electron chi connectivity index (χ2n) is 5.84. The van der Waals surface area contributed by atoms with Crippen molar-refractivity contribution in [1.29, 1.82) is 0 Å². The van der Waals surface area contributed by atoms with Crippen molar-refractivity contribution >= 4 is 16.7 Å². The molecule has 0 aliphatic rings. The first-order valence-corrected chi connectivity index (χ1v) is 8.15. The first kappa shape index (κ1) is 16.1. The Kier molecular flexibility index (Phi) is 5.12. The van der Waals surface area contributed by atoms with Crippen LogP contribution in [0.3, 0.4) is 0 Å². The van der Waals surface area contributed by atoms with Gasteiger partial charge in [0.1, 0.15) is 12.4 Å². The lowest BCUT2D eigenvalue weighted by Crippen LogP contribution is -2.29. The third-order valence-electron chi connectivity index (χ3n) is 3.92. The lowest BCUT2D eigenvalue weighted by molar-refractivity contribution is -0.120. The van der Waals surface area contributed by atoms with Crippen LogP contribution in [0.1, 0.15) is 11.1 Å². The van der Waals surface area contributed by atoms with E-state index in [0.29, 0.717) is 19.6 Å². The number of nitrogens with one attached hydrogen (secondary N) is 1. The fourth-order valence-electron chi connectivity index (χ4n) is 2.63. The number of hydrogen-bond acceptors (Lipinski definition) is 2. The van der Waals surface area contributed by atoms with Crippen molar-refractivity contribution in [2.45, 2.75) is 13.3 Å². The third kappa shape index (κ3) is 4.13. The maximum Gasteiger partial charge on any atom is 0.224 e. The third-order valence-corrected chi connectivity index (χ3v) is 3.92. The standard InChI is InChI=1S/C21H21NO2/c1-16-9-11-17(12-10-16)15-21(23)22-13-14-24-20-8-4-6-18-5-2-3-7-19(18)20/h2-12H,13-15H2,1H3,(H,22,23). The molecule has 1 amide bonds. The summed E-state index contributed by atoms with van der Waals surface area (Å²) in [5, 5.41) is 5.14. The lowest BCUT2D eigenvalue weighted by Gasteiger charge is -2.10. The Morgan fingerprint density at radius 1 is 0.958 bits per heavy atom. The minimum Gasteiger partial charge on any atom is -0.491 e. The second kappa shape index (κ2) is 7.64. The van der Waals surface area contributed by atoms with E-state index in [9.17, 15) is 4.79 Å². The van der Waals surface area contributed by atoms with Gasteiger partial charge in [-0.2, -0.15) is 0 Å². The minimum absolute atomic E-state index is 0.0142. The Hall–Kier alpha value is -2.81. The van der Waals surface area contributed by atoms with Crippen molar-refractivity contribution in [3.63, 3.8) is 0 Å². The van der Waals surface area contributed by atoms with Gasteiger partial charge in [0, 0.05) is 5.39 Å². The monoisotopic (exact) mass is 319 g/mol. The Labute approximate surface area is 142 Å². The quantitative estimate of drug-likeness (QED) is 0.700. The van der Waals surface area contributed by atoms with E-state index in [2.05, 4.69) is 17.4 Å². The van der Waals surface area contributed by atoms with Gasteiger partial charge in [0.2, 0.25) is 5.91 Å². The molecule has 0 saturated carbocycles.